The molecule has 5 nitrogen and oxygen atoms in total. The molecular formula is C10H13ClN2O3. The zero-order chi connectivity index (χ0) is 12.1. The molecule has 1 aromatic carbocycles. The van der Waals surface area contributed by atoms with Gasteiger partial charge in [0.05, 0.1) is 18.7 Å². The highest BCUT2D eigenvalue weighted by Crippen LogP contribution is 2.36. The summed E-state index contributed by atoms with van der Waals surface area (Å²) in [5.41, 5.74) is 5.92. The Morgan fingerprint density at radius 3 is 2.75 bits per heavy atom. The summed E-state index contributed by atoms with van der Waals surface area (Å²) in [6.45, 7) is 2.31. The van der Waals surface area contributed by atoms with E-state index < -0.39 is 0 Å². The summed E-state index contributed by atoms with van der Waals surface area (Å²) in [6, 6.07) is 3.13. The van der Waals surface area contributed by atoms with Crippen LogP contribution < -0.4 is 15.2 Å². The molecule has 0 amide bonds. The Kier molecular flexibility index (Phi) is 4.25. The number of nitrogens with two attached hydrogens (primary N) is 1. The van der Waals surface area contributed by atoms with Gasteiger partial charge in [-0.3, -0.25) is 0 Å². The molecule has 0 saturated heterocycles. The number of benzene rings is 1. The number of hydrogen-bond donors (Lipinski definition) is 2. The van der Waals surface area contributed by atoms with E-state index in [4.69, 9.17) is 32.0 Å². The third-order valence-electron chi connectivity index (χ3n) is 1.92. The number of oxime groups is 1. The monoisotopic (exact) mass is 244 g/mol. The molecule has 0 fully saturated rings. The van der Waals surface area contributed by atoms with Gasteiger partial charge in [0.1, 0.15) is 0 Å². The largest absolute Gasteiger partial charge is 0.493 e. The van der Waals surface area contributed by atoms with Gasteiger partial charge in [-0.05, 0) is 19.1 Å². The van der Waals surface area contributed by atoms with Gasteiger partial charge in [-0.1, -0.05) is 16.8 Å². The predicted octanol–water partition coefficient (Wildman–Crippen LogP) is 1.84. The highest BCUT2D eigenvalue weighted by molar-refractivity contribution is 6.32. The number of amidine groups is 1. The van der Waals surface area contributed by atoms with Crippen molar-refractivity contribution in [2.24, 2.45) is 10.9 Å². The molecule has 1 aromatic rings. The summed E-state index contributed by atoms with van der Waals surface area (Å²) in [5, 5.41) is 11.8. The standard InChI is InChI=1S/C10H13ClN2O3/c1-3-16-9-7(11)4-6(10(12)13-14)5-8(9)15-2/h4-5,14H,3H2,1-2H3,(H2,12,13). The molecular weight excluding hydrogens is 232 g/mol. The van der Waals surface area contributed by atoms with E-state index in [2.05, 4.69) is 5.16 Å². The van der Waals surface area contributed by atoms with Crippen molar-refractivity contribution in [3.05, 3.63) is 22.7 Å². The van der Waals surface area contributed by atoms with Crippen molar-refractivity contribution in [1.82, 2.24) is 0 Å². The summed E-state index contributed by atoms with van der Waals surface area (Å²) >= 11 is 6.00. The van der Waals surface area contributed by atoms with E-state index >= 15 is 0 Å². The van der Waals surface area contributed by atoms with Gasteiger partial charge in [0.15, 0.2) is 17.3 Å². The minimum absolute atomic E-state index is 0.0387. The van der Waals surface area contributed by atoms with Crippen molar-refractivity contribution in [1.29, 1.82) is 0 Å². The predicted molar refractivity (Wildman–Crippen MR) is 61.7 cm³/mol. The zero-order valence-electron chi connectivity index (χ0n) is 9.03. The van der Waals surface area contributed by atoms with Crippen LogP contribution in [-0.2, 0) is 0 Å². The first kappa shape index (κ1) is 12.4. The second kappa shape index (κ2) is 5.46. The van der Waals surface area contributed by atoms with Crippen LogP contribution in [0.2, 0.25) is 5.02 Å². The summed E-state index contributed by atoms with van der Waals surface area (Å²) < 4.78 is 10.4. The lowest BCUT2D eigenvalue weighted by atomic mass is 10.2. The maximum Gasteiger partial charge on any atom is 0.179 e. The van der Waals surface area contributed by atoms with Crippen molar-refractivity contribution >= 4 is 17.4 Å². The third-order valence-corrected chi connectivity index (χ3v) is 2.20. The molecule has 3 N–H and O–H groups in total. The minimum atomic E-state index is -0.0387. The fourth-order valence-electron chi connectivity index (χ4n) is 1.21. The molecule has 0 saturated carbocycles. The van der Waals surface area contributed by atoms with Gasteiger partial charge in [0.2, 0.25) is 0 Å². The zero-order valence-corrected chi connectivity index (χ0v) is 9.78. The van der Waals surface area contributed by atoms with E-state index in [1.54, 1.807) is 12.1 Å². The maximum atomic E-state index is 8.56. The van der Waals surface area contributed by atoms with Gasteiger partial charge >= 0.3 is 0 Å². The highest BCUT2D eigenvalue weighted by atomic mass is 35.5. The van der Waals surface area contributed by atoms with E-state index in [0.717, 1.165) is 0 Å². The van der Waals surface area contributed by atoms with Gasteiger partial charge in [-0.15, -0.1) is 0 Å². The summed E-state index contributed by atoms with van der Waals surface area (Å²) in [6.07, 6.45) is 0. The Bertz CT molecular complexity index is 407. The Morgan fingerprint density at radius 1 is 1.56 bits per heavy atom. The SMILES string of the molecule is CCOc1c(Cl)cc(C(N)=NO)cc1OC. The van der Waals surface area contributed by atoms with Crippen LogP contribution in [0, 0.1) is 0 Å². The highest BCUT2D eigenvalue weighted by Gasteiger charge is 2.13. The molecule has 0 atom stereocenters. The van der Waals surface area contributed by atoms with Crippen molar-refractivity contribution in [3.63, 3.8) is 0 Å². The van der Waals surface area contributed by atoms with Crippen LogP contribution in [0.5, 0.6) is 11.5 Å². The van der Waals surface area contributed by atoms with Gasteiger partial charge < -0.3 is 20.4 Å². The van der Waals surface area contributed by atoms with Crippen molar-refractivity contribution < 1.29 is 14.7 Å². The summed E-state index contributed by atoms with van der Waals surface area (Å²) in [7, 11) is 1.49. The molecule has 0 radical (unpaired) electrons. The van der Waals surface area contributed by atoms with Crippen LogP contribution in [0.4, 0.5) is 0 Å². The molecule has 0 aliphatic rings. The Hall–Kier alpha value is -1.62. The molecule has 0 bridgehead atoms. The molecule has 1 rings (SSSR count). The van der Waals surface area contributed by atoms with Gasteiger partial charge in [-0.2, -0.15) is 0 Å². The van der Waals surface area contributed by atoms with E-state index in [-0.39, 0.29) is 5.84 Å². The Morgan fingerprint density at radius 2 is 2.25 bits per heavy atom. The Balaban J connectivity index is 3.26. The topological polar surface area (TPSA) is 77.1 Å². The van der Waals surface area contributed by atoms with Gasteiger partial charge in [0.25, 0.3) is 0 Å². The normalized spacial score (nSPS) is 11.3. The van der Waals surface area contributed by atoms with Crippen molar-refractivity contribution in [3.8, 4) is 11.5 Å². The van der Waals surface area contributed by atoms with Gasteiger partial charge in [-0.25, -0.2) is 0 Å². The quantitative estimate of drug-likeness (QED) is 0.367. The van der Waals surface area contributed by atoms with E-state index in [1.165, 1.54) is 7.11 Å². The van der Waals surface area contributed by atoms with Crippen LogP contribution in [0.3, 0.4) is 0 Å². The van der Waals surface area contributed by atoms with Crippen molar-refractivity contribution in [2.45, 2.75) is 6.92 Å². The lowest BCUT2D eigenvalue weighted by Gasteiger charge is -2.12. The number of methoxy groups -OCH3 is 1. The second-order valence-electron chi connectivity index (χ2n) is 2.91. The number of rotatable bonds is 4. The molecule has 6 heteroatoms. The van der Waals surface area contributed by atoms with Crippen molar-refractivity contribution in [2.75, 3.05) is 13.7 Å². The first-order valence-electron chi connectivity index (χ1n) is 4.62. The Labute approximate surface area is 98.4 Å². The minimum Gasteiger partial charge on any atom is -0.493 e. The molecule has 0 aliphatic carbocycles. The summed E-state index contributed by atoms with van der Waals surface area (Å²) in [4.78, 5) is 0. The smallest absolute Gasteiger partial charge is 0.179 e. The van der Waals surface area contributed by atoms with Gasteiger partial charge in [0, 0.05) is 5.56 Å². The first-order valence-corrected chi connectivity index (χ1v) is 5.00. The van der Waals surface area contributed by atoms with E-state index in [1.807, 2.05) is 6.92 Å². The van der Waals surface area contributed by atoms with Crippen LogP contribution in [-0.4, -0.2) is 24.8 Å². The number of ether oxygens (including phenoxy) is 2. The van der Waals surface area contributed by atoms with Crippen LogP contribution in [0.25, 0.3) is 0 Å². The molecule has 0 unspecified atom stereocenters. The van der Waals surface area contributed by atoms with E-state index in [0.29, 0.717) is 28.7 Å². The molecule has 88 valence electrons. The lowest BCUT2D eigenvalue weighted by Crippen LogP contribution is -2.13. The average molecular weight is 245 g/mol. The van der Waals surface area contributed by atoms with E-state index in [9.17, 15) is 0 Å². The first-order chi connectivity index (χ1) is 7.63. The fraction of sp³-hybridized carbons (Fsp3) is 0.300. The summed E-state index contributed by atoms with van der Waals surface area (Å²) in [5.74, 6) is 0.848. The molecule has 0 aromatic heterocycles. The molecule has 16 heavy (non-hydrogen) atoms. The second-order valence-corrected chi connectivity index (χ2v) is 3.31. The molecule has 0 aliphatic heterocycles. The molecule has 0 spiro atoms. The van der Waals surface area contributed by atoms with Crippen LogP contribution in [0.1, 0.15) is 12.5 Å². The fourth-order valence-corrected chi connectivity index (χ4v) is 1.48. The maximum absolute atomic E-state index is 8.56. The number of nitrogens with zero attached hydrogens (tertiary/aromatic N) is 1. The number of hydrogen-bond acceptors (Lipinski definition) is 4. The third kappa shape index (κ3) is 2.49. The lowest BCUT2D eigenvalue weighted by molar-refractivity contribution is 0.310. The molecule has 0 heterocycles. The number of halogens is 1. The average Bonchev–Trinajstić information content (AvgIpc) is 2.30. The van der Waals surface area contributed by atoms with Crippen LogP contribution >= 0.6 is 11.6 Å². The van der Waals surface area contributed by atoms with Crippen LogP contribution in [0.15, 0.2) is 17.3 Å².